The lowest BCUT2D eigenvalue weighted by Crippen LogP contribution is -2.02. The van der Waals surface area contributed by atoms with Gasteiger partial charge in [0.05, 0.1) is 12.7 Å². The van der Waals surface area contributed by atoms with Gasteiger partial charge < -0.3 is 9.47 Å². The second-order valence-electron chi connectivity index (χ2n) is 2.92. The Morgan fingerprint density at radius 2 is 2.45 bits per heavy atom. The summed E-state index contributed by atoms with van der Waals surface area (Å²) in [6.07, 6.45) is 1.39. The highest BCUT2D eigenvalue weighted by atomic mass is 16.6. The van der Waals surface area contributed by atoms with Crippen molar-refractivity contribution in [3.63, 3.8) is 0 Å². The maximum absolute atomic E-state index is 10.5. The molecule has 0 radical (unpaired) electrons. The van der Waals surface area contributed by atoms with Gasteiger partial charge in [-0.1, -0.05) is 13.8 Å². The van der Waals surface area contributed by atoms with E-state index in [2.05, 4.69) is 18.6 Å². The van der Waals surface area contributed by atoms with Crippen LogP contribution in [0.5, 0.6) is 0 Å². The first kappa shape index (κ1) is 8.11. The van der Waals surface area contributed by atoms with Crippen molar-refractivity contribution in [3.8, 4) is 0 Å². The predicted molar refractivity (Wildman–Crippen MR) is 39.8 cm³/mol. The summed E-state index contributed by atoms with van der Waals surface area (Å²) in [5, 5.41) is 0. The predicted octanol–water partition coefficient (Wildman–Crippen LogP) is 1.10. The summed E-state index contributed by atoms with van der Waals surface area (Å²) in [5.41, 5.74) is 0. The van der Waals surface area contributed by atoms with Gasteiger partial charge in [-0.2, -0.15) is 0 Å². The van der Waals surface area contributed by atoms with E-state index in [1.807, 2.05) is 0 Å². The van der Waals surface area contributed by atoms with Crippen molar-refractivity contribution in [2.75, 3.05) is 13.2 Å². The number of hydrogen-bond donors (Lipinski definition) is 0. The molecule has 0 aromatic rings. The standard InChI is InChI=1S/C8H12O3/c1-6(2)4-10-7-3-8(9)11-5-7/h3,6H,4-5H2,1-2H3. The number of carbonyl (C=O) groups excluding carboxylic acids is 1. The SMILES string of the molecule is CC(C)COC1=CC(=O)OC1. The molecule has 0 saturated carbocycles. The minimum atomic E-state index is -0.302. The van der Waals surface area contributed by atoms with Crippen LogP contribution in [0.4, 0.5) is 0 Å². The van der Waals surface area contributed by atoms with Crippen molar-refractivity contribution in [3.05, 3.63) is 11.8 Å². The van der Waals surface area contributed by atoms with Gasteiger partial charge in [0.1, 0.15) is 12.4 Å². The van der Waals surface area contributed by atoms with Crippen molar-refractivity contribution >= 4 is 5.97 Å². The fourth-order valence-corrected chi connectivity index (χ4v) is 0.714. The van der Waals surface area contributed by atoms with Crippen LogP contribution in [-0.4, -0.2) is 19.2 Å². The van der Waals surface area contributed by atoms with E-state index >= 15 is 0 Å². The monoisotopic (exact) mass is 156 g/mol. The highest BCUT2D eigenvalue weighted by molar-refractivity contribution is 5.84. The minimum absolute atomic E-state index is 0.297. The summed E-state index contributed by atoms with van der Waals surface area (Å²) in [4.78, 5) is 10.5. The first-order chi connectivity index (χ1) is 5.18. The molecular formula is C8H12O3. The third-order valence-electron chi connectivity index (χ3n) is 1.24. The maximum atomic E-state index is 10.5. The quantitative estimate of drug-likeness (QED) is 0.574. The van der Waals surface area contributed by atoms with E-state index < -0.39 is 0 Å². The van der Waals surface area contributed by atoms with Crippen molar-refractivity contribution < 1.29 is 14.3 Å². The molecule has 0 atom stereocenters. The third-order valence-corrected chi connectivity index (χ3v) is 1.24. The molecule has 0 aromatic carbocycles. The van der Waals surface area contributed by atoms with Crippen LogP contribution in [0.2, 0.25) is 0 Å². The highest BCUT2D eigenvalue weighted by Gasteiger charge is 2.13. The molecule has 0 aliphatic carbocycles. The number of ether oxygens (including phenoxy) is 2. The van der Waals surface area contributed by atoms with Crippen molar-refractivity contribution in [1.29, 1.82) is 0 Å². The highest BCUT2D eigenvalue weighted by Crippen LogP contribution is 2.08. The zero-order valence-corrected chi connectivity index (χ0v) is 6.79. The number of carbonyl (C=O) groups is 1. The molecule has 0 saturated heterocycles. The molecule has 0 spiro atoms. The Kier molecular flexibility index (Phi) is 2.52. The number of cyclic esters (lactones) is 1. The van der Waals surface area contributed by atoms with Gasteiger partial charge >= 0.3 is 5.97 Å². The first-order valence-corrected chi connectivity index (χ1v) is 3.68. The van der Waals surface area contributed by atoms with Gasteiger partial charge in [-0.25, -0.2) is 4.79 Å². The Hall–Kier alpha value is -0.990. The largest absolute Gasteiger partial charge is 0.494 e. The van der Waals surface area contributed by atoms with Gasteiger partial charge in [-0.3, -0.25) is 0 Å². The van der Waals surface area contributed by atoms with Crippen LogP contribution < -0.4 is 0 Å². The van der Waals surface area contributed by atoms with Crippen LogP contribution in [0, 0.1) is 5.92 Å². The second kappa shape index (κ2) is 3.42. The summed E-state index contributed by atoms with van der Waals surface area (Å²) in [5.74, 6) is 0.819. The van der Waals surface area contributed by atoms with Crippen LogP contribution in [0.1, 0.15) is 13.8 Å². The molecule has 1 aliphatic heterocycles. The lowest BCUT2D eigenvalue weighted by Gasteiger charge is -2.07. The Labute approximate surface area is 66.0 Å². The molecule has 0 amide bonds. The average Bonchev–Trinajstić information content (AvgIpc) is 2.31. The zero-order valence-electron chi connectivity index (χ0n) is 6.79. The smallest absolute Gasteiger partial charge is 0.334 e. The van der Waals surface area contributed by atoms with Crippen LogP contribution in [-0.2, 0) is 14.3 Å². The topological polar surface area (TPSA) is 35.5 Å². The van der Waals surface area contributed by atoms with Crippen LogP contribution >= 0.6 is 0 Å². The Morgan fingerprint density at radius 3 is 2.91 bits per heavy atom. The lowest BCUT2D eigenvalue weighted by atomic mass is 10.2. The Morgan fingerprint density at radius 1 is 1.73 bits per heavy atom. The van der Waals surface area contributed by atoms with Gasteiger partial charge in [0, 0.05) is 0 Å². The minimum Gasteiger partial charge on any atom is -0.494 e. The van der Waals surface area contributed by atoms with Gasteiger partial charge in [-0.05, 0) is 5.92 Å². The third kappa shape index (κ3) is 2.62. The van der Waals surface area contributed by atoms with Crippen LogP contribution in [0.25, 0.3) is 0 Å². The van der Waals surface area contributed by atoms with Gasteiger partial charge in [0.2, 0.25) is 0 Å². The fourth-order valence-electron chi connectivity index (χ4n) is 0.714. The molecule has 0 unspecified atom stereocenters. The van der Waals surface area contributed by atoms with Gasteiger partial charge in [0.25, 0.3) is 0 Å². The maximum Gasteiger partial charge on any atom is 0.334 e. The molecule has 1 heterocycles. The number of esters is 1. The average molecular weight is 156 g/mol. The second-order valence-corrected chi connectivity index (χ2v) is 2.92. The van der Waals surface area contributed by atoms with Crippen molar-refractivity contribution in [2.24, 2.45) is 5.92 Å². The summed E-state index contributed by atoms with van der Waals surface area (Å²) in [6, 6.07) is 0. The van der Waals surface area contributed by atoms with Gasteiger partial charge in [-0.15, -0.1) is 0 Å². The molecule has 0 fully saturated rings. The summed E-state index contributed by atoms with van der Waals surface area (Å²) in [6.45, 7) is 5.05. The van der Waals surface area contributed by atoms with E-state index in [9.17, 15) is 4.79 Å². The Bertz CT molecular complexity index is 182. The molecule has 3 heteroatoms. The lowest BCUT2D eigenvalue weighted by molar-refractivity contribution is -0.135. The molecule has 0 bridgehead atoms. The first-order valence-electron chi connectivity index (χ1n) is 3.68. The van der Waals surface area contributed by atoms with Crippen molar-refractivity contribution in [1.82, 2.24) is 0 Å². The number of rotatable bonds is 3. The molecule has 0 N–H and O–H groups in total. The van der Waals surface area contributed by atoms with Crippen molar-refractivity contribution in [2.45, 2.75) is 13.8 Å². The Balaban J connectivity index is 2.27. The molecule has 62 valence electrons. The van der Waals surface area contributed by atoms with E-state index in [-0.39, 0.29) is 5.97 Å². The van der Waals surface area contributed by atoms with E-state index in [1.54, 1.807) is 0 Å². The fraction of sp³-hybridized carbons (Fsp3) is 0.625. The van der Waals surface area contributed by atoms with Gasteiger partial charge in [0.15, 0.2) is 0 Å². The van der Waals surface area contributed by atoms with E-state index in [4.69, 9.17) is 4.74 Å². The molecular weight excluding hydrogens is 144 g/mol. The molecule has 1 rings (SSSR count). The normalized spacial score (nSPS) is 16.6. The molecule has 3 nitrogen and oxygen atoms in total. The van der Waals surface area contributed by atoms with Crippen LogP contribution in [0.15, 0.2) is 11.8 Å². The number of hydrogen-bond acceptors (Lipinski definition) is 3. The van der Waals surface area contributed by atoms with Crippen LogP contribution in [0.3, 0.4) is 0 Å². The summed E-state index contributed by atoms with van der Waals surface area (Å²) >= 11 is 0. The van der Waals surface area contributed by atoms with E-state index in [0.29, 0.717) is 24.9 Å². The summed E-state index contributed by atoms with van der Waals surface area (Å²) < 4.78 is 9.89. The summed E-state index contributed by atoms with van der Waals surface area (Å²) in [7, 11) is 0. The molecule has 11 heavy (non-hydrogen) atoms. The zero-order chi connectivity index (χ0) is 8.27. The molecule has 1 aliphatic rings. The van der Waals surface area contributed by atoms with E-state index in [0.717, 1.165) is 0 Å². The van der Waals surface area contributed by atoms with E-state index in [1.165, 1.54) is 6.08 Å². The molecule has 0 aromatic heterocycles.